The van der Waals surface area contributed by atoms with Crippen LogP contribution in [0.25, 0.3) is 0 Å². The van der Waals surface area contributed by atoms with Crippen molar-refractivity contribution in [1.82, 2.24) is 0 Å². The average molecular weight is 471 g/mol. The Morgan fingerprint density at radius 1 is 0.424 bits per heavy atom. The summed E-state index contributed by atoms with van der Waals surface area (Å²) in [7, 11) is 0. The van der Waals surface area contributed by atoms with E-state index in [2.05, 4.69) is 76.2 Å². The van der Waals surface area contributed by atoms with E-state index in [0.717, 1.165) is 12.8 Å². The van der Waals surface area contributed by atoms with E-state index in [9.17, 15) is 0 Å². The number of rotatable bonds is 18. The Bertz CT molecular complexity index is 408. The molecule has 0 heterocycles. The van der Waals surface area contributed by atoms with Gasteiger partial charge in [-0.3, -0.25) is 0 Å². The smallest absolute Gasteiger partial charge is 0.287 e. The van der Waals surface area contributed by atoms with Gasteiger partial charge >= 0.3 is 0 Å². The van der Waals surface area contributed by atoms with E-state index < -0.39 is 5.97 Å². The van der Waals surface area contributed by atoms with E-state index in [1.807, 2.05) is 0 Å². The molecule has 0 unspecified atom stereocenters. The maximum Gasteiger partial charge on any atom is 0.287 e. The van der Waals surface area contributed by atoms with Crippen LogP contribution in [0.15, 0.2) is 0 Å². The third-order valence-electron chi connectivity index (χ3n) is 5.66. The van der Waals surface area contributed by atoms with Gasteiger partial charge in [-0.25, -0.2) is 0 Å². The van der Waals surface area contributed by atoms with E-state index in [1.165, 1.54) is 77.0 Å². The first kappa shape index (κ1) is 32.9. The summed E-state index contributed by atoms with van der Waals surface area (Å²) in [6, 6.07) is 0. The molecule has 200 valence electrons. The molecule has 0 N–H and O–H groups in total. The molecule has 0 saturated carbocycles. The highest BCUT2D eigenvalue weighted by molar-refractivity contribution is 4.82. The van der Waals surface area contributed by atoms with E-state index in [4.69, 9.17) is 14.2 Å². The first-order chi connectivity index (χ1) is 15.1. The monoisotopic (exact) mass is 470 g/mol. The van der Waals surface area contributed by atoms with Crippen molar-refractivity contribution in [1.29, 1.82) is 0 Å². The van der Waals surface area contributed by atoms with Gasteiger partial charge in [-0.05, 0) is 75.2 Å². The molecule has 0 saturated heterocycles. The minimum Gasteiger partial charge on any atom is -0.321 e. The van der Waals surface area contributed by atoms with Crippen LogP contribution < -0.4 is 0 Å². The molecule has 0 aliphatic heterocycles. The fraction of sp³-hybridized carbons (Fsp3) is 1.00. The highest BCUT2D eigenvalue weighted by Gasteiger charge is 2.49. The lowest BCUT2D eigenvalue weighted by Gasteiger charge is -2.49. The molecule has 0 aliphatic carbocycles. The molecule has 3 nitrogen and oxygen atoms in total. The lowest BCUT2D eigenvalue weighted by molar-refractivity contribution is -0.468. The lowest BCUT2D eigenvalue weighted by atomic mass is 9.90. The Morgan fingerprint density at radius 2 is 0.697 bits per heavy atom. The van der Waals surface area contributed by atoms with Gasteiger partial charge in [-0.15, -0.1) is 0 Å². The zero-order valence-corrected chi connectivity index (χ0v) is 24.7. The molecule has 0 aliphatic rings. The molecular weight excluding hydrogens is 408 g/mol. The van der Waals surface area contributed by atoms with Crippen LogP contribution in [0.1, 0.15) is 166 Å². The van der Waals surface area contributed by atoms with Crippen LogP contribution in [-0.4, -0.2) is 22.8 Å². The molecule has 0 aromatic carbocycles. The van der Waals surface area contributed by atoms with Crippen LogP contribution in [-0.2, 0) is 14.2 Å². The van der Waals surface area contributed by atoms with Gasteiger partial charge < -0.3 is 14.2 Å². The molecule has 0 atom stereocenters. The fourth-order valence-corrected chi connectivity index (χ4v) is 4.43. The van der Waals surface area contributed by atoms with Crippen LogP contribution in [0.4, 0.5) is 0 Å². The second-order valence-electron chi connectivity index (χ2n) is 13.1. The van der Waals surface area contributed by atoms with Gasteiger partial charge in [0.15, 0.2) is 0 Å². The van der Waals surface area contributed by atoms with Crippen molar-refractivity contribution in [3.8, 4) is 0 Å². The summed E-state index contributed by atoms with van der Waals surface area (Å²) >= 11 is 0. The van der Waals surface area contributed by atoms with Crippen molar-refractivity contribution >= 4 is 0 Å². The Labute approximate surface area is 209 Å². The van der Waals surface area contributed by atoms with Crippen LogP contribution in [0.5, 0.6) is 0 Å². The van der Waals surface area contributed by atoms with Gasteiger partial charge in [0.2, 0.25) is 0 Å². The Hall–Kier alpha value is -0.120. The molecule has 0 rings (SSSR count). The Morgan fingerprint density at radius 3 is 0.970 bits per heavy atom. The van der Waals surface area contributed by atoms with E-state index in [1.54, 1.807) is 0 Å². The topological polar surface area (TPSA) is 27.7 Å². The summed E-state index contributed by atoms with van der Waals surface area (Å²) in [5.41, 5.74) is -1.09. The third kappa shape index (κ3) is 17.9. The van der Waals surface area contributed by atoms with Crippen LogP contribution >= 0.6 is 0 Å². The number of unbranched alkanes of at least 4 members (excludes halogenated alkanes) is 10. The molecule has 3 heteroatoms. The Balaban J connectivity index is 5.73. The summed E-state index contributed by atoms with van der Waals surface area (Å²) in [4.78, 5) is 0. The van der Waals surface area contributed by atoms with Crippen molar-refractivity contribution < 1.29 is 14.2 Å². The maximum atomic E-state index is 6.79. The second kappa shape index (κ2) is 15.8. The SMILES string of the molecule is CCCCCCCCC(CCCCCCCC)C(OC(C)(C)C)(OC(C)(C)C)OC(C)(C)C. The van der Waals surface area contributed by atoms with Gasteiger partial charge in [0.25, 0.3) is 5.97 Å². The van der Waals surface area contributed by atoms with Crippen LogP contribution in [0, 0.1) is 5.92 Å². The van der Waals surface area contributed by atoms with Crippen molar-refractivity contribution in [2.24, 2.45) is 5.92 Å². The maximum absolute atomic E-state index is 6.79. The molecule has 33 heavy (non-hydrogen) atoms. The van der Waals surface area contributed by atoms with Crippen LogP contribution in [0.3, 0.4) is 0 Å². The Kier molecular flexibility index (Phi) is 15.7. The highest BCUT2D eigenvalue weighted by Crippen LogP contribution is 2.42. The van der Waals surface area contributed by atoms with Crippen molar-refractivity contribution in [2.45, 2.75) is 189 Å². The third-order valence-corrected chi connectivity index (χ3v) is 5.66. The van der Waals surface area contributed by atoms with Gasteiger partial charge in [-0.1, -0.05) is 90.9 Å². The summed E-state index contributed by atoms with van der Waals surface area (Å²) in [5, 5.41) is 0. The summed E-state index contributed by atoms with van der Waals surface area (Å²) in [6.45, 7) is 23.6. The summed E-state index contributed by atoms with van der Waals surface area (Å²) < 4.78 is 20.4. The number of hydrogen-bond donors (Lipinski definition) is 0. The number of ether oxygens (including phenoxy) is 3. The van der Waals surface area contributed by atoms with Crippen molar-refractivity contribution in [3.05, 3.63) is 0 Å². The van der Waals surface area contributed by atoms with E-state index in [-0.39, 0.29) is 22.7 Å². The van der Waals surface area contributed by atoms with Gasteiger partial charge in [-0.2, -0.15) is 0 Å². The predicted octanol–water partition coefficient (Wildman–Crippen LogP) is 10.2. The van der Waals surface area contributed by atoms with Crippen molar-refractivity contribution in [3.63, 3.8) is 0 Å². The minimum absolute atomic E-state index is 0.215. The van der Waals surface area contributed by atoms with Gasteiger partial charge in [0, 0.05) is 5.92 Å². The van der Waals surface area contributed by atoms with Gasteiger partial charge in [0.05, 0.1) is 16.8 Å². The molecule has 0 aromatic heterocycles. The van der Waals surface area contributed by atoms with Crippen LogP contribution in [0.2, 0.25) is 0 Å². The molecule has 0 aromatic rings. The molecule has 0 bridgehead atoms. The zero-order valence-electron chi connectivity index (χ0n) is 24.7. The van der Waals surface area contributed by atoms with E-state index in [0.29, 0.717) is 0 Å². The molecule has 0 radical (unpaired) electrons. The largest absolute Gasteiger partial charge is 0.321 e. The summed E-state index contributed by atoms with van der Waals surface area (Å²) in [6.07, 6.45) is 17.8. The van der Waals surface area contributed by atoms with Crippen molar-refractivity contribution in [2.75, 3.05) is 0 Å². The molecule has 0 spiro atoms. The first-order valence-corrected chi connectivity index (χ1v) is 14.2. The predicted molar refractivity (Wildman–Crippen MR) is 145 cm³/mol. The molecule has 0 amide bonds. The standard InChI is InChI=1S/C30H62O3/c1-12-14-16-18-20-22-24-26(25-23-21-19-17-15-13-2)30(31-27(3,4)5,32-28(6,7)8)33-29(9,10)11/h26H,12-25H2,1-11H3. The molecule has 0 fully saturated rings. The van der Waals surface area contributed by atoms with Gasteiger partial charge in [0.1, 0.15) is 0 Å². The van der Waals surface area contributed by atoms with E-state index >= 15 is 0 Å². The average Bonchev–Trinajstić information content (AvgIpc) is 2.61. The zero-order chi connectivity index (χ0) is 25.6. The minimum atomic E-state index is -1.04. The highest BCUT2D eigenvalue weighted by atomic mass is 16.9. The molecular formula is C30H62O3. The normalized spacial score (nSPS) is 13.8. The first-order valence-electron chi connectivity index (χ1n) is 14.2. The second-order valence-corrected chi connectivity index (χ2v) is 13.1. The fourth-order valence-electron chi connectivity index (χ4n) is 4.43. The lowest BCUT2D eigenvalue weighted by Crippen LogP contribution is -2.56. The number of hydrogen-bond acceptors (Lipinski definition) is 3. The summed E-state index contributed by atoms with van der Waals surface area (Å²) in [5.74, 6) is -0.825. The quantitative estimate of drug-likeness (QED) is 0.147.